The van der Waals surface area contributed by atoms with Gasteiger partial charge in [0.1, 0.15) is 6.33 Å². The molecule has 2 aliphatic heterocycles. The van der Waals surface area contributed by atoms with E-state index in [1.165, 1.54) is 6.33 Å². The summed E-state index contributed by atoms with van der Waals surface area (Å²) in [7, 11) is 0. The minimum absolute atomic E-state index is 0.0894. The van der Waals surface area contributed by atoms with E-state index in [0.29, 0.717) is 24.2 Å². The standard InChI is InChI=1S/C30H36N6O4/c37-29(31-9-11-35-13-17-39-18-14-35)25-5-1-23(2-6-25)27-21-28(34-22-33-27)24-3-7-26(8-4-24)30(38)32-10-12-36-15-19-40-20-16-36/h1-8,21-22H,9-20H2,(H,31,37)(H,32,38). The number of carbonyl (C=O) groups excluding carboxylic acids is 2. The number of ether oxygens (including phenoxy) is 2. The van der Waals surface area contributed by atoms with Gasteiger partial charge < -0.3 is 20.1 Å². The van der Waals surface area contributed by atoms with E-state index < -0.39 is 0 Å². The summed E-state index contributed by atoms with van der Waals surface area (Å²) in [5.74, 6) is -0.179. The van der Waals surface area contributed by atoms with Crippen molar-refractivity contribution >= 4 is 11.8 Å². The van der Waals surface area contributed by atoms with Gasteiger partial charge in [-0.2, -0.15) is 0 Å². The largest absolute Gasteiger partial charge is 0.379 e. The van der Waals surface area contributed by atoms with Crippen LogP contribution in [0.2, 0.25) is 0 Å². The van der Waals surface area contributed by atoms with Crippen molar-refractivity contribution in [3.63, 3.8) is 0 Å². The molecule has 0 atom stereocenters. The molecule has 0 bridgehead atoms. The second-order valence-corrected chi connectivity index (χ2v) is 9.86. The van der Waals surface area contributed by atoms with E-state index in [2.05, 4.69) is 30.4 Å². The van der Waals surface area contributed by atoms with Crippen LogP contribution < -0.4 is 10.6 Å². The normalized spacial score (nSPS) is 16.4. The molecule has 40 heavy (non-hydrogen) atoms. The first-order chi connectivity index (χ1) is 19.7. The zero-order valence-corrected chi connectivity index (χ0v) is 22.7. The maximum Gasteiger partial charge on any atom is 0.251 e. The highest BCUT2D eigenvalue weighted by molar-refractivity contribution is 5.95. The van der Waals surface area contributed by atoms with Crippen LogP contribution in [0.15, 0.2) is 60.9 Å². The molecule has 2 aliphatic rings. The fourth-order valence-electron chi connectivity index (χ4n) is 4.77. The lowest BCUT2D eigenvalue weighted by Crippen LogP contribution is -2.41. The Balaban J connectivity index is 1.14. The number of aromatic nitrogens is 2. The van der Waals surface area contributed by atoms with Crippen LogP contribution in [0.3, 0.4) is 0 Å². The van der Waals surface area contributed by atoms with Gasteiger partial charge in [0.15, 0.2) is 0 Å². The summed E-state index contributed by atoms with van der Waals surface area (Å²) in [4.78, 5) is 38.6. The van der Waals surface area contributed by atoms with E-state index in [1.807, 2.05) is 54.6 Å². The predicted octanol–water partition coefficient (Wildman–Crippen LogP) is 1.93. The first-order valence-electron chi connectivity index (χ1n) is 13.9. The highest BCUT2D eigenvalue weighted by atomic mass is 16.5. The molecule has 210 valence electrons. The average Bonchev–Trinajstić information content (AvgIpc) is 3.02. The van der Waals surface area contributed by atoms with E-state index in [9.17, 15) is 9.59 Å². The van der Waals surface area contributed by atoms with Gasteiger partial charge in [0.05, 0.1) is 37.8 Å². The van der Waals surface area contributed by atoms with Gasteiger partial charge in [0.25, 0.3) is 11.8 Å². The lowest BCUT2D eigenvalue weighted by atomic mass is 10.0. The summed E-state index contributed by atoms with van der Waals surface area (Å²) in [5, 5.41) is 5.98. The summed E-state index contributed by atoms with van der Waals surface area (Å²) < 4.78 is 10.7. The average molecular weight is 545 g/mol. The van der Waals surface area contributed by atoms with Gasteiger partial charge in [-0.1, -0.05) is 24.3 Å². The molecule has 0 radical (unpaired) electrons. The van der Waals surface area contributed by atoms with Crippen LogP contribution in [0.1, 0.15) is 20.7 Å². The van der Waals surface area contributed by atoms with Crippen molar-refractivity contribution < 1.29 is 19.1 Å². The van der Waals surface area contributed by atoms with Gasteiger partial charge in [0, 0.05) is 74.6 Å². The van der Waals surface area contributed by atoms with E-state index in [1.54, 1.807) is 0 Å². The summed E-state index contributed by atoms with van der Waals surface area (Å²) >= 11 is 0. The number of hydrogen-bond donors (Lipinski definition) is 2. The van der Waals surface area contributed by atoms with Gasteiger partial charge in [-0.15, -0.1) is 0 Å². The number of nitrogens with zero attached hydrogens (tertiary/aromatic N) is 4. The summed E-state index contributed by atoms with van der Waals surface area (Å²) in [6.07, 6.45) is 1.53. The number of benzene rings is 2. The summed E-state index contributed by atoms with van der Waals surface area (Å²) in [6.45, 7) is 9.45. The number of nitrogens with one attached hydrogen (secondary N) is 2. The Morgan fingerprint density at radius 2 is 1.05 bits per heavy atom. The fraction of sp³-hybridized carbons (Fsp3) is 0.400. The maximum atomic E-state index is 12.6. The van der Waals surface area contributed by atoms with Gasteiger partial charge >= 0.3 is 0 Å². The molecule has 0 spiro atoms. The maximum absolute atomic E-state index is 12.6. The van der Waals surface area contributed by atoms with Crippen LogP contribution in [0.25, 0.3) is 22.5 Å². The van der Waals surface area contributed by atoms with Crippen LogP contribution in [0.5, 0.6) is 0 Å². The number of amides is 2. The van der Waals surface area contributed by atoms with Gasteiger partial charge in [-0.3, -0.25) is 19.4 Å². The molecule has 2 amide bonds. The Bertz CT molecular complexity index is 1160. The van der Waals surface area contributed by atoms with Gasteiger partial charge in [0.2, 0.25) is 0 Å². The molecular formula is C30H36N6O4. The number of morpholine rings is 2. The number of hydrogen-bond acceptors (Lipinski definition) is 8. The third-order valence-electron chi connectivity index (χ3n) is 7.19. The van der Waals surface area contributed by atoms with Crippen LogP contribution in [0.4, 0.5) is 0 Å². The lowest BCUT2D eigenvalue weighted by molar-refractivity contribution is 0.0382. The molecule has 2 fully saturated rings. The molecule has 1 aromatic heterocycles. The molecule has 0 saturated carbocycles. The minimum Gasteiger partial charge on any atom is -0.379 e. The molecule has 0 unspecified atom stereocenters. The Kier molecular flexibility index (Phi) is 9.81. The van der Waals surface area contributed by atoms with Gasteiger partial charge in [-0.25, -0.2) is 9.97 Å². The molecule has 2 aromatic carbocycles. The first kappa shape index (κ1) is 27.9. The SMILES string of the molecule is O=C(NCCN1CCOCC1)c1ccc(-c2cc(-c3ccc(C(=O)NCCN4CCOCC4)cc3)ncn2)cc1. The highest BCUT2D eigenvalue weighted by Gasteiger charge is 2.13. The molecule has 10 heteroatoms. The molecule has 3 aromatic rings. The Hall–Kier alpha value is -3.70. The van der Waals surface area contributed by atoms with E-state index in [-0.39, 0.29) is 11.8 Å². The summed E-state index contributed by atoms with van der Waals surface area (Å²) in [5.41, 5.74) is 4.52. The monoisotopic (exact) mass is 544 g/mol. The quantitative estimate of drug-likeness (QED) is 0.399. The number of carbonyl (C=O) groups is 2. The van der Waals surface area contributed by atoms with Crippen molar-refractivity contribution in [2.24, 2.45) is 0 Å². The van der Waals surface area contributed by atoms with Crippen molar-refractivity contribution in [1.29, 1.82) is 0 Å². The Morgan fingerprint density at radius 1 is 0.650 bits per heavy atom. The molecular weight excluding hydrogens is 508 g/mol. The van der Waals surface area contributed by atoms with Crippen molar-refractivity contribution in [3.05, 3.63) is 72.1 Å². The minimum atomic E-state index is -0.0894. The van der Waals surface area contributed by atoms with Crippen molar-refractivity contribution in [1.82, 2.24) is 30.4 Å². The lowest BCUT2D eigenvalue weighted by Gasteiger charge is -2.26. The van der Waals surface area contributed by atoms with Crippen LogP contribution in [-0.4, -0.2) is 110 Å². The fourth-order valence-corrected chi connectivity index (χ4v) is 4.77. The Morgan fingerprint density at radius 3 is 1.45 bits per heavy atom. The van der Waals surface area contributed by atoms with E-state index in [0.717, 1.165) is 88.2 Å². The highest BCUT2D eigenvalue weighted by Crippen LogP contribution is 2.23. The smallest absolute Gasteiger partial charge is 0.251 e. The molecule has 5 rings (SSSR count). The van der Waals surface area contributed by atoms with E-state index in [4.69, 9.17) is 9.47 Å². The van der Waals surface area contributed by atoms with Crippen molar-refractivity contribution in [3.8, 4) is 22.5 Å². The van der Waals surface area contributed by atoms with Crippen LogP contribution >= 0.6 is 0 Å². The topological polar surface area (TPSA) is 109 Å². The predicted molar refractivity (Wildman–Crippen MR) is 152 cm³/mol. The first-order valence-corrected chi connectivity index (χ1v) is 13.9. The van der Waals surface area contributed by atoms with Crippen molar-refractivity contribution in [2.75, 3.05) is 78.8 Å². The molecule has 2 saturated heterocycles. The molecule has 0 aliphatic carbocycles. The number of rotatable bonds is 10. The third-order valence-corrected chi connectivity index (χ3v) is 7.19. The second kappa shape index (κ2) is 14.1. The van der Waals surface area contributed by atoms with Crippen LogP contribution in [-0.2, 0) is 9.47 Å². The molecule has 3 heterocycles. The zero-order valence-electron chi connectivity index (χ0n) is 22.7. The zero-order chi connectivity index (χ0) is 27.6. The molecule has 10 nitrogen and oxygen atoms in total. The van der Waals surface area contributed by atoms with E-state index >= 15 is 0 Å². The van der Waals surface area contributed by atoms with Crippen molar-refractivity contribution in [2.45, 2.75) is 0 Å². The van der Waals surface area contributed by atoms with Crippen LogP contribution in [0, 0.1) is 0 Å². The summed E-state index contributed by atoms with van der Waals surface area (Å²) in [6, 6.07) is 16.7. The third kappa shape index (κ3) is 7.70. The Labute approximate surface area is 234 Å². The van der Waals surface area contributed by atoms with Gasteiger partial charge in [-0.05, 0) is 30.3 Å². The second-order valence-electron chi connectivity index (χ2n) is 9.86. The molecule has 2 N–H and O–H groups in total.